The molecule has 0 radical (unpaired) electrons. The fourth-order valence-corrected chi connectivity index (χ4v) is 4.61. The number of hydrogen-bond acceptors (Lipinski definition) is 5. The molecule has 1 atom stereocenters. The number of hydrogen-bond donors (Lipinski definition) is 0. The van der Waals surface area contributed by atoms with E-state index in [-0.39, 0.29) is 30.2 Å². The maximum atomic E-state index is 13.4. The lowest BCUT2D eigenvalue weighted by Gasteiger charge is -2.27. The van der Waals surface area contributed by atoms with E-state index in [9.17, 15) is 14.4 Å². The lowest BCUT2D eigenvalue weighted by atomic mass is 10.1. The van der Waals surface area contributed by atoms with E-state index in [1.54, 1.807) is 41.3 Å². The van der Waals surface area contributed by atoms with Crippen LogP contribution in [-0.4, -0.2) is 39.7 Å². The first-order valence-corrected chi connectivity index (χ1v) is 11.7. The minimum atomic E-state index is -0.791. The summed E-state index contributed by atoms with van der Waals surface area (Å²) in [5, 5.41) is 0. The highest BCUT2D eigenvalue weighted by Gasteiger charge is 2.48. The van der Waals surface area contributed by atoms with E-state index >= 15 is 0 Å². The van der Waals surface area contributed by atoms with Gasteiger partial charge in [0.15, 0.2) is 5.58 Å². The normalized spacial score (nSPS) is 17.9. The summed E-state index contributed by atoms with van der Waals surface area (Å²) in [7, 11) is 0. The van der Waals surface area contributed by atoms with Crippen LogP contribution in [0.3, 0.4) is 0 Å². The number of amides is 3. The Kier molecular flexibility index (Phi) is 4.99. The zero-order chi connectivity index (χ0) is 24.1. The third kappa shape index (κ3) is 3.79. The summed E-state index contributed by atoms with van der Waals surface area (Å²) >= 11 is 0. The predicted octanol–water partition coefficient (Wildman–Crippen LogP) is 4.74. The molecule has 3 amide bonds. The number of carbonyl (C=O) groups excluding carboxylic acids is 3. The lowest BCUT2D eigenvalue weighted by molar-refractivity contribution is -0.122. The lowest BCUT2D eigenvalue weighted by Crippen LogP contribution is -2.46. The van der Waals surface area contributed by atoms with E-state index in [1.807, 2.05) is 43.3 Å². The first kappa shape index (κ1) is 21.3. The number of anilines is 1. The Morgan fingerprint density at radius 1 is 0.971 bits per heavy atom. The Bertz CT molecular complexity index is 1420. The number of benzene rings is 3. The van der Waals surface area contributed by atoms with Gasteiger partial charge in [-0.05, 0) is 68.3 Å². The Morgan fingerprint density at radius 2 is 1.69 bits per heavy atom. The molecule has 1 saturated heterocycles. The summed E-state index contributed by atoms with van der Waals surface area (Å²) in [6.45, 7) is 1.96. The third-order valence-electron chi connectivity index (χ3n) is 6.60. The molecule has 2 fully saturated rings. The average Bonchev–Trinajstić information content (AvgIpc) is 3.53. The van der Waals surface area contributed by atoms with Gasteiger partial charge in [-0.3, -0.25) is 14.4 Å². The maximum absolute atomic E-state index is 13.4. The second-order valence-corrected chi connectivity index (χ2v) is 9.13. The Labute approximate surface area is 202 Å². The highest BCUT2D eigenvalue weighted by molar-refractivity contribution is 6.23. The van der Waals surface area contributed by atoms with Crippen LogP contribution in [0.5, 0.6) is 0 Å². The molecule has 6 rings (SSSR count). The van der Waals surface area contributed by atoms with Crippen LogP contribution in [0.25, 0.3) is 22.6 Å². The summed E-state index contributed by atoms with van der Waals surface area (Å²) in [5.74, 6) is -0.404. The van der Waals surface area contributed by atoms with Crippen molar-refractivity contribution >= 4 is 34.5 Å². The number of para-hydroxylation sites is 2. The molecule has 1 saturated carbocycles. The van der Waals surface area contributed by atoms with Crippen LogP contribution < -0.4 is 4.90 Å². The van der Waals surface area contributed by atoms with Gasteiger partial charge in [0, 0.05) is 17.2 Å². The van der Waals surface area contributed by atoms with E-state index in [0.717, 1.165) is 29.5 Å². The molecule has 1 aliphatic carbocycles. The standard InChI is InChI=1S/C28H23N3O4/c1-17-6-8-19(9-7-17)27(33)30(20-14-15-20)23-16-25(32)31(28(23)34)21-12-10-18(11-13-21)26-29-22-4-2-3-5-24(22)35-26/h2-13,20,23H,14-16H2,1H3. The molecule has 3 aromatic carbocycles. The number of imide groups is 1. The van der Waals surface area contributed by atoms with E-state index in [0.29, 0.717) is 22.7 Å². The molecule has 35 heavy (non-hydrogen) atoms. The second kappa shape index (κ2) is 8.20. The largest absolute Gasteiger partial charge is 0.436 e. The monoisotopic (exact) mass is 465 g/mol. The van der Waals surface area contributed by atoms with Gasteiger partial charge in [-0.25, -0.2) is 9.88 Å². The van der Waals surface area contributed by atoms with E-state index < -0.39 is 6.04 Å². The van der Waals surface area contributed by atoms with E-state index in [4.69, 9.17) is 4.42 Å². The summed E-state index contributed by atoms with van der Waals surface area (Å²) in [6, 6.07) is 21.0. The van der Waals surface area contributed by atoms with Crippen molar-refractivity contribution in [3.05, 3.63) is 83.9 Å². The molecule has 2 aliphatic rings. The minimum absolute atomic E-state index is 0.00737. The van der Waals surface area contributed by atoms with Gasteiger partial charge in [0.05, 0.1) is 12.1 Å². The molecule has 174 valence electrons. The van der Waals surface area contributed by atoms with Crippen molar-refractivity contribution in [1.29, 1.82) is 0 Å². The number of aryl methyl sites for hydroxylation is 1. The molecule has 7 nitrogen and oxygen atoms in total. The van der Waals surface area contributed by atoms with Crippen molar-refractivity contribution in [1.82, 2.24) is 9.88 Å². The fraction of sp³-hybridized carbons (Fsp3) is 0.214. The topological polar surface area (TPSA) is 83.7 Å². The molecule has 4 aromatic rings. The summed E-state index contributed by atoms with van der Waals surface area (Å²) in [4.78, 5) is 47.0. The molecule has 2 heterocycles. The van der Waals surface area contributed by atoms with Gasteiger partial charge in [0.2, 0.25) is 11.8 Å². The molecular formula is C28H23N3O4. The third-order valence-corrected chi connectivity index (χ3v) is 6.60. The summed E-state index contributed by atoms with van der Waals surface area (Å²) in [6.07, 6.45) is 1.67. The van der Waals surface area contributed by atoms with Gasteiger partial charge in [-0.1, -0.05) is 29.8 Å². The molecule has 0 bridgehead atoms. The van der Waals surface area contributed by atoms with Crippen LogP contribution in [0, 0.1) is 6.92 Å². The zero-order valence-electron chi connectivity index (χ0n) is 19.2. The number of nitrogens with zero attached hydrogens (tertiary/aromatic N) is 3. The van der Waals surface area contributed by atoms with Crippen LogP contribution in [0.15, 0.2) is 77.2 Å². The SMILES string of the molecule is Cc1ccc(C(=O)N(C2CC2)C2CC(=O)N(c3ccc(-c4nc5ccccc5o4)cc3)C2=O)cc1. The first-order chi connectivity index (χ1) is 17.0. The summed E-state index contributed by atoms with van der Waals surface area (Å²) in [5.41, 5.74) is 4.26. The number of fused-ring (bicyclic) bond motifs is 1. The van der Waals surface area contributed by atoms with Gasteiger partial charge in [0.25, 0.3) is 11.8 Å². The van der Waals surface area contributed by atoms with Gasteiger partial charge in [-0.15, -0.1) is 0 Å². The van der Waals surface area contributed by atoms with Crippen molar-refractivity contribution in [2.75, 3.05) is 4.90 Å². The first-order valence-electron chi connectivity index (χ1n) is 11.7. The number of aromatic nitrogens is 1. The van der Waals surface area contributed by atoms with Crippen molar-refractivity contribution in [3.8, 4) is 11.5 Å². The van der Waals surface area contributed by atoms with Gasteiger partial charge >= 0.3 is 0 Å². The van der Waals surface area contributed by atoms with E-state index in [1.165, 1.54) is 4.90 Å². The quantitative estimate of drug-likeness (QED) is 0.398. The highest BCUT2D eigenvalue weighted by atomic mass is 16.3. The molecule has 7 heteroatoms. The van der Waals surface area contributed by atoms with Crippen molar-refractivity contribution < 1.29 is 18.8 Å². The van der Waals surface area contributed by atoms with Gasteiger partial charge in [-0.2, -0.15) is 0 Å². The second-order valence-electron chi connectivity index (χ2n) is 9.13. The minimum Gasteiger partial charge on any atom is -0.436 e. The van der Waals surface area contributed by atoms with Crippen LogP contribution in [-0.2, 0) is 9.59 Å². The van der Waals surface area contributed by atoms with Gasteiger partial charge < -0.3 is 9.32 Å². The number of carbonyl (C=O) groups is 3. The van der Waals surface area contributed by atoms with Crippen molar-refractivity contribution in [3.63, 3.8) is 0 Å². The van der Waals surface area contributed by atoms with E-state index in [2.05, 4.69) is 4.98 Å². The highest BCUT2D eigenvalue weighted by Crippen LogP contribution is 2.36. The molecule has 1 aromatic heterocycles. The summed E-state index contributed by atoms with van der Waals surface area (Å²) < 4.78 is 5.82. The smallest absolute Gasteiger partial charge is 0.257 e. The number of oxazole rings is 1. The van der Waals surface area contributed by atoms with Crippen LogP contribution >= 0.6 is 0 Å². The van der Waals surface area contributed by atoms with Crippen LogP contribution in [0.1, 0.15) is 35.2 Å². The molecule has 1 aliphatic heterocycles. The molecule has 0 spiro atoms. The van der Waals surface area contributed by atoms with Crippen molar-refractivity contribution in [2.24, 2.45) is 0 Å². The average molecular weight is 466 g/mol. The molecule has 1 unspecified atom stereocenters. The Hall–Kier alpha value is -4.26. The Morgan fingerprint density at radius 3 is 2.37 bits per heavy atom. The number of rotatable bonds is 5. The van der Waals surface area contributed by atoms with Crippen LogP contribution in [0.2, 0.25) is 0 Å². The maximum Gasteiger partial charge on any atom is 0.257 e. The van der Waals surface area contributed by atoms with Crippen LogP contribution in [0.4, 0.5) is 5.69 Å². The Balaban J connectivity index is 1.26. The van der Waals surface area contributed by atoms with Crippen molar-refractivity contribution in [2.45, 2.75) is 38.3 Å². The predicted molar refractivity (Wildman–Crippen MR) is 131 cm³/mol. The molecular weight excluding hydrogens is 442 g/mol. The van der Waals surface area contributed by atoms with Gasteiger partial charge in [0.1, 0.15) is 11.6 Å². The fourth-order valence-electron chi connectivity index (χ4n) is 4.61. The molecule has 0 N–H and O–H groups in total. The zero-order valence-corrected chi connectivity index (χ0v) is 19.2.